The highest BCUT2D eigenvalue weighted by Crippen LogP contribution is 2.45. The Hall–Kier alpha value is -1.90. The first-order chi connectivity index (χ1) is 11.8. The van der Waals surface area contributed by atoms with Gasteiger partial charge in [-0.2, -0.15) is 13.2 Å². The van der Waals surface area contributed by atoms with Gasteiger partial charge in [0, 0.05) is 6.07 Å². The molecule has 1 aliphatic carbocycles. The Balaban J connectivity index is 1.51. The first-order valence-electron chi connectivity index (χ1n) is 8.23. The molecule has 1 aromatic heterocycles. The molecule has 1 amide bonds. The Morgan fingerprint density at radius 2 is 2.24 bits per heavy atom. The summed E-state index contributed by atoms with van der Waals surface area (Å²) in [4.78, 5) is 19.8. The number of hydrogen-bond acceptors (Lipinski definition) is 5. The van der Waals surface area contributed by atoms with E-state index in [-0.39, 0.29) is 29.9 Å². The van der Waals surface area contributed by atoms with Gasteiger partial charge in [0.15, 0.2) is 6.10 Å². The molecule has 0 bridgehead atoms. The maximum absolute atomic E-state index is 12.5. The van der Waals surface area contributed by atoms with E-state index in [0.29, 0.717) is 12.3 Å². The molecule has 1 spiro atoms. The topological polar surface area (TPSA) is 73.3 Å². The van der Waals surface area contributed by atoms with Crippen molar-refractivity contribution in [1.82, 2.24) is 15.3 Å². The summed E-state index contributed by atoms with van der Waals surface area (Å²) in [6.45, 7) is 1.41. The molecule has 1 N–H and O–H groups in total. The van der Waals surface area contributed by atoms with Gasteiger partial charge in [0.2, 0.25) is 11.8 Å². The number of carbonyl (C=O) groups is 1. The van der Waals surface area contributed by atoms with Crippen LogP contribution in [0.15, 0.2) is 12.4 Å². The van der Waals surface area contributed by atoms with E-state index in [2.05, 4.69) is 15.3 Å². The fraction of sp³-hybridized carbons (Fsp3) is 0.688. The molecule has 3 rings (SSSR count). The van der Waals surface area contributed by atoms with Gasteiger partial charge in [-0.05, 0) is 32.6 Å². The molecule has 2 aliphatic rings. The molecule has 1 aliphatic heterocycles. The van der Waals surface area contributed by atoms with Crippen molar-refractivity contribution in [3.8, 4) is 5.88 Å². The number of nitrogens with one attached hydrogen (secondary N) is 1. The lowest BCUT2D eigenvalue weighted by Gasteiger charge is -2.37. The Morgan fingerprint density at radius 3 is 2.84 bits per heavy atom. The molecule has 0 radical (unpaired) electrons. The lowest BCUT2D eigenvalue weighted by Crippen LogP contribution is -2.37. The fourth-order valence-electron chi connectivity index (χ4n) is 3.04. The zero-order valence-corrected chi connectivity index (χ0v) is 13.8. The van der Waals surface area contributed by atoms with Crippen LogP contribution in [0.25, 0.3) is 0 Å². The van der Waals surface area contributed by atoms with Crippen molar-refractivity contribution in [3.63, 3.8) is 0 Å². The number of ether oxygens (including phenoxy) is 2. The summed E-state index contributed by atoms with van der Waals surface area (Å²) in [7, 11) is 0. The molecule has 9 heteroatoms. The third-order valence-electron chi connectivity index (χ3n) is 4.75. The highest BCUT2D eigenvalue weighted by Gasteiger charge is 2.47. The Morgan fingerprint density at radius 1 is 1.48 bits per heavy atom. The SMILES string of the molecule is C[C@@H](Oc1cc(CNC(=O)C2COC3(CCC3)C2)ncn1)C(F)(F)F. The predicted octanol–water partition coefficient (Wildman–Crippen LogP) is 2.38. The molecular weight excluding hydrogens is 339 g/mol. The first kappa shape index (κ1) is 17.9. The van der Waals surface area contributed by atoms with Crippen LogP contribution in [-0.4, -0.2) is 40.4 Å². The number of alkyl halides is 3. The number of hydrogen-bond donors (Lipinski definition) is 1. The van der Waals surface area contributed by atoms with Crippen LogP contribution in [0, 0.1) is 5.92 Å². The number of halogens is 3. The number of nitrogens with zero attached hydrogens (tertiary/aromatic N) is 2. The van der Waals surface area contributed by atoms with Gasteiger partial charge >= 0.3 is 6.18 Å². The van der Waals surface area contributed by atoms with Crippen molar-refractivity contribution in [1.29, 1.82) is 0 Å². The second-order valence-electron chi connectivity index (χ2n) is 6.62. The van der Waals surface area contributed by atoms with Gasteiger partial charge in [0.1, 0.15) is 6.33 Å². The average molecular weight is 359 g/mol. The van der Waals surface area contributed by atoms with Gasteiger partial charge in [-0.1, -0.05) is 0 Å². The minimum absolute atomic E-state index is 0.0988. The molecule has 1 unspecified atom stereocenters. The summed E-state index contributed by atoms with van der Waals surface area (Å²) in [6, 6.07) is 1.29. The number of carbonyl (C=O) groups excluding carboxylic acids is 1. The van der Waals surface area contributed by atoms with E-state index in [1.807, 2.05) is 0 Å². The van der Waals surface area contributed by atoms with Crippen molar-refractivity contribution in [2.45, 2.75) is 57.0 Å². The molecule has 0 aromatic carbocycles. The van der Waals surface area contributed by atoms with Crippen LogP contribution >= 0.6 is 0 Å². The quantitative estimate of drug-likeness (QED) is 0.874. The van der Waals surface area contributed by atoms with E-state index < -0.39 is 12.3 Å². The normalized spacial score (nSPS) is 23.1. The van der Waals surface area contributed by atoms with Crippen molar-refractivity contribution in [2.75, 3.05) is 6.61 Å². The third-order valence-corrected chi connectivity index (χ3v) is 4.75. The molecule has 1 saturated heterocycles. The maximum atomic E-state index is 12.5. The molecule has 2 atom stereocenters. The summed E-state index contributed by atoms with van der Waals surface area (Å²) >= 11 is 0. The van der Waals surface area contributed by atoms with E-state index in [1.54, 1.807) is 0 Å². The molecule has 2 fully saturated rings. The third kappa shape index (κ3) is 4.20. The molecule has 1 aromatic rings. The minimum atomic E-state index is -4.47. The smallest absolute Gasteiger partial charge is 0.425 e. The summed E-state index contributed by atoms with van der Waals surface area (Å²) in [5.41, 5.74) is 0.274. The zero-order chi connectivity index (χ0) is 18.1. The highest BCUT2D eigenvalue weighted by molar-refractivity contribution is 5.79. The van der Waals surface area contributed by atoms with Gasteiger partial charge in [0.05, 0.1) is 30.4 Å². The van der Waals surface area contributed by atoms with Crippen LogP contribution in [0.5, 0.6) is 5.88 Å². The van der Waals surface area contributed by atoms with Crippen LogP contribution in [0.2, 0.25) is 0 Å². The van der Waals surface area contributed by atoms with Crippen LogP contribution in [-0.2, 0) is 16.1 Å². The number of amides is 1. The summed E-state index contributed by atoms with van der Waals surface area (Å²) in [5.74, 6) is -0.502. The van der Waals surface area contributed by atoms with E-state index in [0.717, 1.165) is 38.9 Å². The lowest BCUT2D eigenvalue weighted by molar-refractivity contribution is -0.190. The van der Waals surface area contributed by atoms with E-state index in [1.165, 1.54) is 6.07 Å². The van der Waals surface area contributed by atoms with Crippen molar-refractivity contribution < 1.29 is 27.4 Å². The summed E-state index contributed by atoms with van der Waals surface area (Å²) < 4.78 is 48.1. The van der Waals surface area contributed by atoms with E-state index >= 15 is 0 Å². The van der Waals surface area contributed by atoms with Crippen molar-refractivity contribution in [3.05, 3.63) is 18.1 Å². The number of rotatable bonds is 5. The van der Waals surface area contributed by atoms with Crippen LogP contribution in [0.3, 0.4) is 0 Å². The molecule has 25 heavy (non-hydrogen) atoms. The molecule has 6 nitrogen and oxygen atoms in total. The van der Waals surface area contributed by atoms with Gasteiger partial charge in [0.25, 0.3) is 0 Å². The fourth-order valence-corrected chi connectivity index (χ4v) is 3.04. The predicted molar refractivity (Wildman–Crippen MR) is 80.7 cm³/mol. The van der Waals surface area contributed by atoms with E-state index in [9.17, 15) is 18.0 Å². The second kappa shape index (κ2) is 6.78. The summed E-state index contributed by atoms with van der Waals surface area (Å²) in [6.07, 6.45) is -1.48. The van der Waals surface area contributed by atoms with Gasteiger partial charge in [-0.3, -0.25) is 4.79 Å². The standard InChI is InChI=1S/C16H20F3N3O3/c1-10(16(17,18)19)25-13-5-12(21-9-22-13)7-20-14(23)11-6-15(24-8-11)3-2-4-15/h5,9-11H,2-4,6-8H2,1H3,(H,20,23)/t10-,11?/m1/s1. The average Bonchev–Trinajstić information content (AvgIpc) is 2.98. The van der Waals surface area contributed by atoms with Crippen LogP contribution < -0.4 is 10.1 Å². The van der Waals surface area contributed by atoms with Gasteiger partial charge < -0.3 is 14.8 Å². The lowest BCUT2D eigenvalue weighted by atomic mass is 9.76. The van der Waals surface area contributed by atoms with Crippen molar-refractivity contribution >= 4 is 5.91 Å². The number of aromatic nitrogens is 2. The maximum Gasteiger partial charge on any atom is 0.425 e. The van der Waals surface area contributed by atoms with Gasteiger partial charge in [-0.25, -0.2) is 9.97 Å². The zero-order valence-electron chi connectivity index (χ0n) is 13.8. The van der Waals surface area contributed by atoms with Crippen LogP contribution in [0.4, 0.5) is 13.2 Å². The molecule has 138 valence electrons. The Labute approximate surface area is 143 Å². The monoisotopic (exact) mass is 359 g/mol. The van der Waals surface area contributed by atoms with E-state index in [4.69, 9.17) is 9.47 Å². The second-order valence-corrected chi connectivity index (χ2v) is 6.62. The Kier molecular flexibility index (Phi) is 4.86. The summed E-state index contributed by atoms with van der Waals surface area (Å²) in [5, 5.41) is 2.75. The largest absolute Gasteiger partial charge is 0.465 e. The van der Waals surface area contributed by atoms with Gasteiger partial charge in [-0.15, -0.1) is 0 Å². The minimum Gasteiger partial charge on any atom is -0.465 e. The molecular formula is C16H20F3N3O3. The van der Waals surface area contributed by atoms with Crippen molar-refractivity contribution in [2.24, 2.45) is 5.92 Å². The first-order valence-corrected chi connectivity index (χ1v) is 8.23. The molecule has 1 saturated carbocycles. The molecule has 2 heterocycles. The highest BCUT2D eigenvalue weighted by atomic mass is 19.4. The Bertz CT molecular complexity index is 635. The van der Waals surface area contributed by atoms with Crippen LogP contribution in [0.1, 0.15) is 38.3 Å².